The number of nitrogens with zero attached hydrogens (tertiary/aromatic N) is 3. The van der Waals surface area contributed by atoms with Gasteiger partial charge in [-0.25, -0.2) is 9.97 Å². The summed E-state index contributed by atoms with van der Waals surface area (Å²) in [4.78, 5) is 8.49. The minimum atomic E-state index is 0.518. The first-order chi connectivity index (χ1) is 9.29. The van der Waals surface area contributed by atoms with E-state index in [4.69, 9.17) is 5.73 Å². The first-order valence-corrected chi connectivity index (χ1v) is 7.02. The van der Waals surface area contributed by atoms with Crippen LogP contribution in [-0.4, -0.2) is 14.5 Å². The molecule has 100 valence electrons. The van der Waals surface area contributed by atoms with Gasteiger partial charge in [0.05, 0.1) is 18.2 Å². The van der Waals surface area contributed by atoms with Gasteiger partial charge in [0.2, 0.25) is 0 Å². The van der Waals surface area contributed by atoms with Gasteiger partial charge in [0.1, 0.15) is 5.82 Å². The molecule has 3 rings (SSSR count). The highest BCUT2D eigenvalue weighted by atomic mass is 15.1. The molecule has 2 aromatic heterocycles. The van der Waals surface area contributed by atoms with E-state index in [0.717, 1.165) is 23.6 Å². The highest BCUT2D eigenvalue weighted by molar-refractivity contribution is 5.70. The van der Waals surface area contributed by atoms with Crippen LogP contribution in [0.4, 0.5) is 5.82 Å². The van der Waals surface area contributed by atoms with E-state index in [1.54, 1.807) is 6.20 Å². The monoisotopic (exact) mass is 256 g/mol. The minimum Gasteiger partial charge on any atom is -0.383 e. The molecule has 2 heterocycles. The Morgan fingerprint density at radius 3 is 3.00 bits per heavy atom. The molecule has 1 aliphatic rings. The zero-order chi connectivity index (χ0) is 13.2. The molecule has 1 aliphatic carbocycles. The van der Waals surface area contributed by atoms with Crippen molar-refractivity contribution >= 4 is 5.82 Å². The second-order valence-electron chi connectivity index (χ2n) is 5.36. The summed E-state index contributed by atoms with van der Waals surface area (Å²) in [6, 6.07) is 4.45. The number of aromatic nitrogens is 3. The molecule has 0 spiro atoms. The normalized spacial score (nSPS) is 16.5. The number of hydrogen-bond acceptors (Lipinski definition) is 3. The molecule has 0 radical (unpaired) electrons. The van der Waals surface area contributed by atoms with Crippen LogP contribution in [0, 0.1) is 5.92 Å². The lowest BCUT2D eigenvalue weighted by atomic mass is 10.1. The highest BCUT2D eigenvalue weighted by Gasteiger charge is 2.26. The smallest absolute Gasteiger partial charge is 0.132 e. The van der Waals surface area contributed by atoms with E-state index in [2.05, 4.69) is 21.5 Å². The number of nitrogens with two attached hydrogens (primary N) is 1. The number of rotatable bonds is 5. The first-order valence-electron chi connectivity index (χ1n) is 7.02. The van der Waals surface area contributed by atoms with Crippen molar-refractivity contribution in [2.75, 3.05) is 5.73 Å². The first kappa shape index (κ1) is 12.2. The third kappa shape index (κ3) is 2.48. The summed E-state index contributed by atoms with van der Waals surface area (Å²) in [7, 11) is 0. The average Bonchev–Trinajstić information content (AvgIpc) is 3.12. The molecule has 2 N–H and O–H groups in total. The van der Waals surface area contributed by atoms with Gasteiger partial charge in [-0.15, -0.1) is 0 Å². The van der Waals surface area contributed by atoms with Crippen LogP contribution in [-0.2, 0) is 0 Å². The van der Waals surface area contributed by atoms with Crippen LogP contribution < -0.4 is 5.73 Å². The van der Waals surface area contributed by atoms with E-state index in [-0.39, 0.29) is 0 Å². The molecule has 1 atom stereocenters. The van der Waals surface area contributed by atoms with Gasteiger partial charge >= 0.3 is 0 Å². The number of pyridine rings is 1. The van der Waals surface area contributed by atoms with Gasteiger partial charge in [-0.1, -0.05) is 19.8 Å². The predicted octanol–water partition coefficient (Wildman–Crippen LogP) is 3.28. The Kier molecular flexibility index (Phi) is 3.23. The second kappa shape index (κ2) is 5.03. The molecule has 0 saturated heterocycles. The highest BCUT2D eigenvalue weighted by Crippen LogP contribution is 2.39. The molecule has 1 saturated carbocycles. The third-order valence-corrected chi connectivity index (χ3v) is 3.95. The van der Waals surface area contributed by atoms with Crippen LogP contribution in [0.1, 0.15) is 38.6 Å². The van der Waals surface area contributed by atoms with E-state index in [1.165, 1.54) is 19.3 Å². The predicted molar refractivity (Wildman–Crippen MR) is 76.5 cm³/mol. The fraction of sp³-hybridized carbons (Fsp3) is 0.467. The lowest BCUT2D eigenvalue weighted by Crippen LogP contribution is -2.10. The largest absolute Gasteiger partial charge is 0.383 e. The molecular weight excluding hydrogens is 236 g/mol. The zero-order valence-electron chi connectivity index (χ0n) is 11.3. The SMILES string of the molecule is CCC(CC1CC1)n1cncc1-c1cccnc1N. The standard InChI is InChI=1S/C15H20N4/c1-2-12(8-11-5-6-11)19-10-17-9-14(19)13-4-3-7-18-15(13)16/h3-4,7,9-12H,2,5-6,8H2,1H3,(H2,16,18). The van der Waals surface area contributed by atoms with Crippen molar-refractivity contribution in [2.45, 2.75) is 38.6 Å². The van der Waals surface area contributed by atoms with Crippen LogP contribution >= 0.6 is 0 Å². The van der Waals surface area contributed by atoms with Crippen LogP contribution in [0.15, 0.2) is 30.9 Å². The van der Waals surface area contributed by atoms with Gasteiger partial charge in [0.25, 0.3) is 0 Å². The summed E-state index contributed by atoms with van der Waals surface area (Å²) in [5.74, 6) is 1.48. The Morgan fingerprint density at radius 2 is 2.32 bits per heavy atom. The third-order valence-electron chi connectivity index (χ3n) is 3.95. The van der Waals surface area contributed by atoms with Crippen LogP contribution in [0.2, 0.25) is 0 Å². The Bertz CT molecular complexity index is 557. The summed E-state index contributed by atoms with van der Waals surface area (Å²) in [5.41, 5.74) is 8.05. The lowest BCUT2D eigenvalue weighted by molar-refractivity contribution is 0.431. The molecule has 0 aromatic carbocycles. The van der Waals surface area contributed by atoms with Gasteiger partial charge in [-0.3, -0.25) is 0 Å². The van der Waals surface area contributed by atoms with E-state index in [0.29, 0.717) is 11.9 Å². The van der Waals surface area contributed by atoms with Crippen molar-refractivity contribution in [1.82, 2.24) is 14.5 Å². The fourth-order valence-corrected chi connectivity index (χ4v) is 2.65. The van der Waals surface area contributed by atoms with Crippen molar-refractivity contribution in [3.05, 3.63) is 30.9 Å². The molecule has 0 bridgehead atoms. The van der Waals surface area contributed by atoms with Gasteiger partial charge < -0.3 is 10.3 Å². The minimum absolute atomic E-state index is 0.518. The average molecular weight is 256 g/mol. The van der Waals surface area contributed by atoms with Crippen molar-refractivity contribution in [3.8, 4) is 11.3 Å². The van der Waals surface area contributed by atoms with Crippen molar-refractivity contribution in [1.29, 1.82) is 0 Å². The van der Waals surface area contributed by atoms with Gasteiger partial charge in [-0.2, -0.15) is 0 Å². The van der Waals surface area contributed by atoms with Crippen LogP contribution in [0.5, 0.6) is 0 Å². The van der Waals surface area contributed by atoms with Gasteiger partial charge in [-0.05, 0) is 30.9 Å². The molecule has 1 unspecified atom stereocenters. The number of imidazole rings is 1. The van der Waals surface area contributed by atoms with E-state index in [1.807, 2.05) is 24.7 Å². The summed E-state index contributed by atoms with van der Waals surface area (Å²) < 4.78 is 2.27. The molecule has 2 aromatic rings. The summed E-state index contributed by atoms with van der Waals surface area (Å²) in [5, 5.41) is 0. The number of nitrogen functional groups attached to an aromatic ring is 1. The molecule has 4 heteroatoms. The van der Waals surface area contributed by atoms with E-state index >= 15 is 0 Å². The Hall–Kier alpha value is -1.84. The summed E-state index contributed by atoms with van der Waals surface area (Å²) >= 11 is 0. The van der Waals surface area contributed by atoms with Crippen molar-refractivity contribution in [3.63, 3.8) is 0 Å². The lowest BCUT2D eigenvalue weighted by Gasteiger charge is -2.19. The number of hydrogen-bond donors (Lipinski definition) is 1. The molecular formula is C15H20N4. The van der Waals surface area contributed by atoms with E-state index in [9.17, 15) is 0 Å². The number of anilines is 1. The van der Waals surface area contributed by atoms with Crippen LogP contribution in [0.3, 0.4) is 0 Å². The maximum atomic E-state index is 5.98. The molecule has 4 nitrogen and oxygen atoms in total. The zero-order valence-corrected chi connectivity index (χ0v) is 11.3. The maximum Gasteiger partial charge on any atom is 0.132 e. The molecule has 19 heavy (non-hydrogen) atoms. The molecule has 1 fully saturated rings. The maximum absolute atomic E-state index is 5.98. The molecule has 0 aliphatic heterocycles. The Balaban J connectivity index is 1.94. The quantitative estimate of drug-likeness (QED) is 0.893. The van der Waals surface area contributed by atoms with Crippen molar-refractivity contribution < 1.29 is 0 Å². The van der Waals surface area contributed by atoms with Gasteiger partial charge in [0, 0.05) is 17.8 Å². The molecule has 0 amide bonds. The summed E-state index contributed by atoms with van der Waals surface area (Å²) in [6.07, 6.45) is 10.7. The topological polar surface area (TPSA) is 56.7 Å². The van der Waals surface area contributed by atoms with E-state index < -0.39 is 0 Å². The van der Waals surface area contributed by atoms with Crippen molar-refractivity contribution in [2.24, 2.45) is 5.92 Å². The van der Waals surface area contributed by atoms with Crippen LogP contribution in [0.25, 0.3) is 11.3 Å². The second-order valence-corrected chi connectivity index (χ2v) is 5.36. The Morgan fingerprint density at radius 1 is 1.47 bits per heavy atom. The fourth-order valence-electron chi connectivity index (χ4n) is 2.65. The van der Waals surface area contributed by atoms with Gasteiger partial charge in [0.15, 0.2) is 0 Å². The Labute approximate surface area is 113 Å². The summed E-state index contributed by atoms with van der Waals surface area (Å²) in [6.45, 7) is 2.24.